The molecule has 1 aliphatic heterocycles. The first-order valence-electron chi connectivity index (χ1n) is 12.9. The lowest BCUT2D eigenvalue weighted by molar-refractivity contribution is -0.129. The number of pyridine rings is 1. The number of benzene rings is 2. The van der Waals surface area contributed by atoms with E-state index in [2.05, 4.69) is 12.2 Å². The number of imide groups is 1. The fraction of sp³-hybridized carbons (Fsp3) is 0.323. The van der Waals surface area contributed by atoms with E-state index in [0.29, 0.717) is 33.4 Å². The number of fused-ring (bicyclic) bond motifs is 6. The average molecular weight is 509 g/mol. The van der Waals surface area contributed by atoms with Gasteiger partial charge in [0.05, 0.1) is 34.3 Å². The summed E-state index contributed by atoms with van der Waals surface area (Å²) in [5.74, 6) is -1.37. The number of hydrogen-bond acceptors (Lipinski definition) is 6. The highest BCUT2D eigenvalue weighted by molar-refractivity contribution is 6.23. The number of ether oxygens (including phenoxy) is 1. The number of hydrogen-bond donors (Lipinski definition) is 0. The van der Waals surface area contributed by atoms with E-state index in [-0.39, 0.29) is 47.9 Å². The first kappa shape index (κ1) is 24.2. The molecule has 1 saturated carbocycles. The number of allylic oxidation sites excluding steroid dienone is 2. The molecular weight excluding hydrogens is 480 g/mol. The number of esters is 1. The van der Waals surface area contributed by atoms with E-state index in [4.69, 9.17) is 9.72 Å². The summed E-state index contributed by atoms with van der Waals surface area (Å²) in [6.45, 7) is 5.02. The zero-order valence-corrected chi connectivity index (χ0v) is 21.5. The van der Waals surface area contributed by atoms with Crippen molar-refractivity contribution in [1.82, 2.24) is 4.98 Å². The van der Waals surface area contributed by atoms with Gasteiger partial charge in [-0.3, -0.25) is 14.4 Å². The number of aromatic nitrogens is 1. The molecule has 3 aromatic rings. The molecule has 1 aromatic heterocycles. The molecule has 38 heavy (non-hydrogen) atoms. The first-order valence-corrected chi connectivity index (χ1v) is 12.9. The largest absolute Gasteiger partial charge is 0.454 e. The van der Waals surface area contributed by atoms with Gasteiger partial charge >= 0.3 is 5.97 Å². The molecule has 0 radical (unpaired) electrons. The molecule has 0 N–H and O–H groups in total. The van der Waals surface area contributed by atoms with Crippen molar-refractivity contribution < 1.29 is 23.9 Å². The van der Waals surface area contributed by atoms with Gasteiger partial charge in [-0.1, -0.05) is 63.3 Å². The van der Waals surface area contributed by atoms with Crippen molar-refractivity contribution in [2.75, 3.05) is 11.5 Å². The molecule has 3 aliphatic rings. The van der Waals surface area contributed by atoms with Crippen LogP contribution in [-0.4, -0.2) is 35.2 Å². The van der Waals surface area contributed by atoms with Gasteiger partial charge in [0.25, 0.3) is 0 Å². The number of para-hydroxylation sites is 1. The molecule has 192 valence electrons. The van der Waals surface area contributed by atoms with Crippen LogP contribution < -0.4 is 4.90 Å². The summed E-state index contributed by atoms with van der Waals surface area (Å²) in [5, 5.41) is 0.612. The molecule has 2 aliphatic carbocycles. The minimum atomic E-state index is -0.620. The lowest BCUT2D eigenvalue weighted by atomic mass is 9.85. The minimum absolute atomic E-state index is 0.135. The molecule has 2 amide bonds. The summed E-state index contributed by atoms with van der Waals surface area (Å²) < 4.78 is 5.40. The highest BCUT2D eigenvalue weighted by Gasteiger charge is 2.59. The van der Waals surface area contributed by atoms with E-state index < -0.39 is 11.4 Å². The van der Waals surface area contributed by atoms with Crippen LogP contribution in [0.5, 0.6) is 0 Å². The molecule has 2 heterocycles. The third-order valence-corrected chi connectivity index (χ3v) is 7.98. The van der Waals surface area contributed by atoms with Crippen molar-refractivity contribution in [1.29, 1.82) is 0 Å². The number of carbonyl (C=O) groups excluding carboxylic acids is 4. The fourth-order valence-corrected chi connectivity index (χ4v) is 5.88. The highest BCUT2D eigenvalue weighted by Crippen LogP contribution is 2.53. The summed E-state index contributed by atoms with van der Waals surface area (Å²) in [4.78, 5) is 58.1. The number of amides is 2. The lowest BCUT2D eigenvalue weighted by Gasteiger charge is -2.18. The van der Waals surface area contributed by atoms with Crippen molar-refractivity contribution in [2.24, 2.45) is 29.1 Å². The molecule has 1 saturated heterocycles. The number of carbonyl (C=O) groups is 4. The molecule has 6 rings (SSSR count). The number of Topliss-reactive ketones (excluding diaryl/α,β-unsaturated/α-hetero) is 1. The van der Waals surface area contributed by atoms with E-state index in [1.807, 2.05) is 18.2 Å². The SMILES string of the molecule is CC(C)(C)C(=O)COC(=O)c1cc(-c2cccc(N3C(=O)C4C5C=CC(C5)C4C3=O)c2)nc2ccccc12. The fourth-order valence-electron chi connectivity index (χ4n) is 5.88. The number of nitrogens with zero attached hydrogens (tertiary/aromatic N) is 2. The Labute approximate surface area is 220 Å². The first-order chi connectivity index (χ1) is 18.1. The van der Waals surface area contributed by atoms with Crippen LogP contribution in [0.4, 0.5) is 5.69 Å². The van der Waals surface area contributed by atoms with Gasteiger partial charge in [0.1, 0.15) is 0 Å². The van der Waals surface area contributed by atoms with Gasteiger partial charge in [0.15, 0.2) is 12.4 Å². The predicted molar refractivity (Wildman–Crippen MR) is 142 cm³/mol. The maximum atomic E-state index is 13.3. The van der Waals surface area contributed by atoms with Gasteiger partial charge in [-0.25, -0.2) is 14.7 Å². The lowest BCUT2D eigenvalue weighted by Crippen LogP contribution is -2.32. The third kappa shape index (κ3) is 3.85. The van der Waals surface area contributed by atoms with E-state index in [9.17, 15) is 19.2 Å². The summed E-state index contributed by atoms with van der Waals surface area (Å²) in [6.07, 6.45) is 5.03. The number of rotatable bonds is 5. The Hall–Kier alpha value is -4.13. The molecule has 0 spiro atoms. The zero-order chi connectivity index (χ0) is 26.8. The Morgan fingerprint density at radius 1 is 0.947 bits per heavy atom. The smallest absolute Gasteiger partial charge is 0.339 e. The van der Waals surface area contributed by atoms with Crippen LogP contribution in [-0.2, 0) is 19.1 Å². The second kappa shape index (κ2) is 8.72. The molecular formula is C31H28N2O5. The predicted octanol–water partition coefficient (Wildman–Crippen LogP) is 4.99. The maximum absolute atomic E-state index is 13.3. The van der Waals surface area contributed by atoms with Crippen LogP contribution in [0.25, 0.3) is 22.2 Å². The minimum Gasteiger partial charge on any atom is -0.454 e. The molecule has 2 aromatic carbocycles. The molecule has 4 unspecified atom stereocenters. The van der Waals surface area contributed by atoms with E-state index in [0.717, 1.165) is 6.42 Å². The third-order valence-electron chi connectivity index (χ3n) is 7.98. The van der Waals surface area contributed by atoms with E-state index >= 15 is 0 Å². The Morgan fingerprint density at radius 3 is 2.32 bits per heavy atom. The van der Waals surface area contributed by atoms with Gasteiger partial charge in [-0.2, -0.15) is 0 Å². The Morgan fingerprint density at radius 2 is 1.63 bits per heavy atom. The molecule has 2 bridgehead atoms. The standard InChI is InChI=1S/C31H28N2O5/c1-31(2,3)25(34)16-38-30(37)22-15-24(32-23-10-5-4-9-21(22)23)17-7-6-8-20(14-17)33-28(35)26-18-11-12-19(13-18)27(26)29(33)36/h4-12,14-15,18-19,26-27H,13,16H2,1-3H3. The van der Waals surface area contributed by atoms with E-state index in [1.165, 1.54) is 4.90 Å². The van der Waals surface area contributed by atoms with Crippen LogP contribution in [0.2, 0.25) is 0 Å². The zero-order valence-electron chi connectivity index (χ0n) is 21.5. The second-order valence-electron chi connectivity index (χ2n) is 11.4. The molecule has 7 heteroatoms. The van der Waals surface area contributed by atoms with Crippen LogP contribution in [0, 0.1) is 29.1 Å². The van der Waals surface area contributed by atoms with Gasteiger partial charge < -0.3 is 4.74 Å². The van der Waals surface area contributed by atoms with E-state index in [1.54, 1.807) is 57.2 Å². The van der Waals surface area contributed by atoms with Gasteiger partial charge in [0.2, 0.25) is 11.8 Å². The Bertz CT molecular complexity index is 1520. The molecule has 2 fully saturated rings. The Balaban J connectivity index is 1.34. The normalized spacial score (nSPS) is 23.8. The number of anilines is 1. The van der Waals surface area contributed by atoms with Crippen molar-refractivity contribution in [2.45, 2.75) is 27.2 Å². The van der Waals surface area contributed by atoms with Gasteiger partial charge in [-0.05, 0) is 42.5 Å². The second-order valence-corrected chi connectivity index (χ2v) is 11.4. The monoisotopic (exact) mass is 508 g/mol. The maximum Gasteiger partial charge on any atom is 0.339 e. The van der Waals surface area contributed by atoms with Crippen LogP contribution in [0.1, 0.15) is 37.6 Å². The topological polar surface area (TPSA) is 93.6 Å². The van der Waals surface area contributed by atoms with Crippen molar-refractivity contribution in [3.8, 4) is 11.3 Å². The van der Waals surface area contributed by atoms with Crippen LogP contribution >= 0.6 is 0 Å². The number of ketones is 1. The van der Waals surface area contributed by atoms with Crippen molar-refractivity contribution in [3.63, 3.8) is 0 Å². The van der Waals surface area contributed by atoms with Gasteiger partial charge in [-0.15, -0.1) is 0 Å². The van der Waals surface area contributed by atoms with Crippen molar-refractivity contribution in [3.05, 3.63) is 72.3 Å². The highest BCUT2D eigenvalue weighted by atomic mass is 16.5. The quantitative estimate of drug-likeness (QED) is 0.274. The Kier molecular flexibility index (Phi) is 5.56. The van der Waals surface area contributed by atoms with Gasteiger partial charge in [0, 0.05) is 16.4 Å². The molecule has 7 nitrogen and oxygen atoms in total. The summed E-state index contributed by atoms with van der Waals surface area (Å²) in [6, 6.07) is 16.0. The van der Waals surface area contributed by atoms with Crippen LogP contribution in [0.15, 0.2) is 66.7 Å². The average Bonchev–Trinajstić information content (AvgIpc) is 3.59. The molecule has 4 atom stereocenters. The summed E-state index contributed by atoms with van der Waals surface area (Å²) in [5.41, 5.74) is 1.93. The summed E-state index contributed by atoms with van der Waals surface area (Å²) in [7, 11) is 0. The summed E-state index contributed by atoms with van der Waals surface area (Å²) >= 11 is 0. The van der Waals surface area contributed by atoms with Crippen LogP contribution in [0.3, 0.4) is 0 Å². The van der Waals surface area contributed by atoms with Crippen molar-refractivity contribution >= 4 is 40.2 Å².